The van der Waals surface area contributed by atoms with Gasteiger partial charge in [-0.3, -0.25) is 4.79 Å². The largest absolute Gasteiger partial charge is 0.391 e. The number of fused-ring (bicyclic) bond motifs is 1. The summed E-state index contributed by atoms with van der Waals surface area (Å²) in [6.07, 6.45) is 0.0662. The van der Waals surface area contributed by atoms with Gasteiger partial charge < -0.3 is 15.3 Å². The number of nitrogens with zero attached hydrogens (tertiary/aromatic N) is 1. The molecule has 0 aromatic heterocycles. The molecule has 4 heteroatoms. The van der Waals surface area contributed by atoms with E-state index >= 15 is 0 Å². The summed E-state index contributed by atoms with van der Waals surface area (Å²) < 4.78 is 0. The predicted octanol–water partition coefficient (Wildman–Crippen LogP) is 1.91. The van der Waals surface area contributed by atoms with Crippen LogP contribution in [0.3, 0.4) is 0 Å². The second-order valence-electron chi connectivity index (χ2n) is 5.78. The first kappa shape index (κ1) is 15.0. The van der Waals surface area contributed by atoms with Crippen LogP contribution in [0.2, 0.25) is 0 Å². The number of aliphatic hydroxyl groups is 1. The molecule has 1 heterocycles. The molecule has 2 N–H and O–H groups in total. The van der Waals surface area contributed by atoms with Crippen LogP contribution in [-0.4, -0.2) is 41.1 Å². The molecule has 22 heavy (non-hydrogen) atoms. The predicted molar refractivity (Wildman–Crippen MR) is 87.5 cm³/mol. The minimum absolute atomic E-state index is 0.0135. The normalized spacial score (nSPS) is 21.2. The summed E-state index contributed by atoms with van der Waals surface area (Å²) in [5.74, 6) is -0.0135. The van der Waals surface area contributed by atoms with Gasteiger partial charge in [-0.05, 0) is 36.2 Å². The summed E-state index contributed by atoms with van der Waals surface area (Å²) in [6, 6.07) is 13.9. The summed E-state index contributed by atoms with van der Waals surface area (Å²) in [4.78, 5) is 14.4. The Bertz CT molecular complexity index is 666. The quantitative estimate of drug-likeness (QED) is 0.906. The van der Waals surface area contributed by atoms with Gasteiger partial charge in [0, 0.05) is 13.1 Å². The zero-order valence-corrected chi connectivity index (χ0v) is 12.8. The molecule has 0 bridgehead atoms. The van der Waals surface area contributed by atoms with E-state index in [9.17, 15) is 9.90 Å². The lowest BCUT2D eigenvalue weighted by Gasteiger charge is -2.26. The molecule has 0 spiro atoms. The van der Waals surface area contributed by atoms with Crippen LogP contribution < -0.4 is 5.32 Å². The third-order valence-electron chi connectivity index (χ3n) is 4.39. The first-order valence-electron chi connectivity index (χ1n) is 7.87. The molecule has 1 saturated heterocycles. The number of carbonyl (C=O) groups excluding carboxylic acids is 1. The highest BCUT2D eigenvalue weighted by Gasteiger charge is 2.33. The van der Waals surface area contributed by atoms with E-state index in [-0.39, 0.29) is 5.91 Å². The number of amides is 1. The van der Waals surface area contributed by atoms with Crippen molar-refractivity contribution in [1.29, 1.82) is 0 Å². The molecule has 0 radical (unpaired) electrons. The fraction of sp³-hybridized carbons (Fsp3) is 0.389. The number of benzene rings is 2. The van der Waals surface area contributed by atoms with E-state index in [0.717, 1.165) is 5.56 Å². The zero-order chi connectivity index (χ0) is 15.5. The molecule has 1 fully saturated rings. The van der Waals surface area contributed by atoms with Gasteiger partial charge in [-0.1, -0.05) is 42.5 Å². The van der Waals surface area contributed by atoms with Crippen LogP contribution in [0.15, 0.2) is 42.5 Å². The van der Waals surface area contributed by atoms with E-state index in [1.54, 1.807) is 0 Å². The molecule has 2 aromatic carbocycles. The Morgan fingerprint density at radius 3 is 2.77 bits per heavy atom. The third kappa shape index (κ3) is 2.85. The van der Waals surface area contributed by atoms with Crippen LogP contribution in [0.4, 0.5) is 0 Å². The van der Waals surface area contributed by atoms with Crippen molar-refractivity contribution in [2.24, 2.45) is 0 Å². The van der Waals surface area contributed by atoms with Crippen LogP contribution in [0.5, 0.6) is 0 Å². The summed E-state index contributed by atoms with van der Waals surface area (Å²) in [6.45, 7) is 3.88. The fourth-order valence-electron chi connectivity index (χ4n) is 3.12. The molecule has 4 nitrogen and oxygen atoms in total. The van der Waals surface area contributed by atoms with Crippen molar-refractivity contribution in [3.63, 3.8) is 0 Å². The van der Waals surface area contributed by atoms with Gasteiger partial charge in [0.25, 0.3) is 0 Å². The second kappa shape index (κ2) is 6.46. The molecule has 0 aliphatic carbocycles. The van der Waals surface area contributed by atoms with Crippen LogP contribution in [0, 0.1) is 0 Å². The molecular weight excluding hydrogens is 276 g/mol. The molecule has 1 aliphatic heterocycles. The van der Waals surface area contributed by atoms with Crippen molar-refractivity contribution >= 4 is 16.7 Å². The zero-order valence-electron chi connectivity index (χ0n) is 12.8. The molecule has 3 rings (SSSR count). The minimum atomic E-state index is -0.575. The van der Waals surface area contributed by atoms with E-state index in [1.807, 2.05) is 30.0 Å². The van der Waals surface area contributed by atoms with Crippen LogP contribution in [-0.2, 0) is 11.3 Å². The smallest absolute Gasteiger partial charge is 0.242 e. The fourth-order valence-corrected chi connectivity index (χ4v) is 3.12. The number of rotatable bonds is 4. The van der Waals surface area contributed by atoms with Crippen molar-refractivity contribution in [2.45, 2.75) is 32.0 Å². The van der Waals surface area contributed by atoms with Crippen LogP contribution in [0.25, 0.3) is 10.8 Å². The van der Waals surface area contributed by atoms with Gasteiger partial charge in [0.05, 0.1) is 6.10 Å². The number of nitrogens with one attached hydrogen (secondary N) is 1. The number of carbonyl (C=O) groups is 1. The van der Waals surface area contributed by atoms with Gasteiger partial charge in [0.2, 0.25) is 5.91 Å². The Morgan fingerprint density at radius 2 is 2.05 bits per heavy atom. The average Bonchev–Trinajstić information content (AvgIpc) is 2.98. The van der Waals surface area contributed by atoms with Gasteiger partial charge in [-0.2, -0.15) is 0 Å². The SMILES string of the molecule is CCN(Cc1cccc2ccccc12)C(=O)[C@H]1NCCC1O. The van der Waals surface area contributed by atoms with Crippen LogP contribution >= 0.6 is 0 Å². The van der Waals surface area contributed by atoms with Gasteiger partial charge in [-0.15, -0.1) is 0 Å². The molecule has 0 saturated carbocycles. The summed E-state index contributed by atoms with van der Waals surface area (Å²) in [5, 5.41) is 15.4. The lowest BCUT2D eigenvalue weighted by atomic mass is 10.0. The van der Waals surface area contributed by atoms with Crippen molar-refractivity contribution < 1.29 is 9.90 Å². The maximum atomic E-state index is 12.6. The molecule has 116 valence electrons. The van der Waals surface area contributed by atoms with E-state index in [0.29, 0.717) is 26.1 Å². The highest BCUT2D eigenvalue weighted by Crippen LogP contribution is 2.21. The maximum Gasteiger partial charge on any atom is 0.242 e. The summed E-state index contributed by atoms with van der Waals surface area (Å²) in [5.41, 5.74) is 1.14. The van der Waals surface area contributed by atoms with Crippen molar-refractivity contribution in [1.82, 2.24) is 10.2 Å². The Hall–Kier alpha value is -1.91. The Labute approximate surface area is 130 Å². The van der Waals surface area contributed by atoms with E-state index in [2.05, 4.69) is 29.6 Å². The highest BCUT2D eigenvalue weighted by atomic mass is 16.3. The summed E-state index contributed by atoms with van der Waals surface area (Å²) >= 11 is 0. The third-order valence-corrected chi connectivity index (χ3v) is 4.39. The molecular formula is C18H22N2O2. The number of likely N-dealkylation sites (N-methyl/N-ethyl adjacent to an activating group) is 1. The molecule has 1 unspecified atom stereocenters. The van der Waals surface area contributed by atoms with Crippen LogP contribution in [0.1, 0.15) is 18.9 Å². The average molecular weight is 298 g/mol. The molecule has 1 amide bonds. The van der Waals surface area contributed by atoms with Gasteiger partial charge in [-0.25, -0.2) is 0 Å². The lowest BCUT2D eigenvalue weighted by molar-refractivity contribution is -0.135. The first-order valence-corrected chi connectivity index (χ1v) is 7.87. The molecule has 2 aromatic rings. The second-order valence-corrected chi connectivity index (χ2v) is 5.78. The Balaban J connectivity index is 1.84. The lowest BCUT2D eigenvalue weighted by Crippen LogP contribution is -2.47. The Morgan fingerprint density at radius 1 is 1.27 bits per heavy atom. The topological polar surface area (TPSA) is 52.6 Å². The van der Waals surface area contributed by atoms with Gasteiger partial charge in [0.15, 0.2) is 0 Å². The number of aliphatic hydroxyl groups excluding tert-OH is 1. The van der Waals surface area contributed by atoms with Crippen molar-refractivity contribution in [3.05, 3.63) is 48.0 Å². The van der Waals surface area contributed by atoms with E-state index in [1.165, 1.54) is 10.8 Å². The monoisotopic (exact) mass is 298 g/mol. The Kier molecular flexibility index (Phi) is 4.41. The minimum Gasteiger partial charge on any atom is -0.391 e. The van der Waals surface area contributed by atoms with Crippen molar-refractivity contribution in [2.75, 3.05) is 13.1 Å². The molecule has 2 atom stereocenters. The first-order chi connectivity index (χ1) is 10.7. The maximum absolute atomic E-state index is 12.6. The van der Waals surface area contributed by atoms with Gasteiger partial charge >= 0.3 is 0 Å². The number of hydrogen-bond acceptors (Lipinski definition) is 3. The summed E-state index contributed by atoms with van der Waals surface area (Å²) in [7, 11) is 0. The molecule has 1 aliphatic rings. The van der Waals surface area contributed by atoms with Crippen molar-refractivity contribution in [3.8, 4) is 0 Å². The van der Waals surface area contributed by atoms with Gasteiger partial charge in [0.1, 0.15) is 6.04 Å². The van der Waals surface area contributed by atoms with E-state index in [4.69, 9.17) is 0 Å². The highest BCUT2D eigenvalue weighted by molar-refractivity contribution is 5.87. The standard InChI is InChI=1S/C18H22N2O2/c1-2-20(18(22)17-16(21)10-11-19-17)12-14-8-5-7-13-6-3-4-9-15(13)14/h3-9,16-17,19,21H,2,10-12H2,1H3/t16?,17-/m0/s1. The van der Waals surface area contributed by atoms with E-state index < -0.39 is 12.1 Å². The number of hydrogen-bond donors (Lipinski definition) is 2.